The third-order valence-electron chi connectivity index (χ3n) is 2.92. The fourth-order valence-corrected chi connectivity index (χ4v) is 1.77. The van der Waals surface area contributed by atoms with E-state index in [1.807, 2.05) is 0 Å². The summed E-state index contributed by atoms with van der Waals surface area (Å²) in [6.07, 6.45) is 0. The van der Waals surface area contributed by atoms with Crippen molar-refractivity contribution in [2.24, 2.45) is 0 Å². The van der Waals surface area contributed by atoms with E-state index in [2.05, 4.69) is 5.10 Å². The third kappa shape index (κ3) is 3.02. The Morgan fingerprint density at radius 2 is 1.67 bits per heavy atom. The van der Waals surface area contributed by atoms with Crippen LogP contribution in [0.5, 0.6) is 0 Å². The smallest absolute Gasteiger partial charge is 0.358 e. The summed E-state index contributed by atoms with van der Waals surface area (Å²) in [6, 6.07) is 1.03. The van der Waals surface area contributed by atoms with Gasteiger partial charge in [0, 0.05) is 0 Å². The second-order valence-corrected chi connectivity index (χ2v) is 4.55. The summed E-state index contributed by atoms with van der Waals surface area (Å²) >= 11 is 0. The fourth-order valence-electron chi connectivity index (χ4n) is 1.77. The van der Waals surface area contributed by atoms with E-state index >= 15 is 0 Å². The van der Waals surface area contributed by atoms with Gasteiger partial charge in [0.2, 0.25) is 11.7 Å². The Kier molecular flexibility index (Phi) is 4.48. The molecule has 2 rings (SSSR count). The van der Waals surface area contributed by atoms with E-state index in [4.69, 9.17) is 0 Å². The molecule has 2 aromatic rings. The van der Waals surface area contributed by atoms with E-state index in [0.29, 0.717) is 0 Å². The van der Waals surface area contributed by atoms with Gasteiger partial charge in [0.15, 0.2) is 23.3 Å². The highest BCUT2D eigenvalue weighted by atomic mass is 19.2. The number of carbonyl (C=O) groups excluding carboxylic acids is 1. The number of nitro groups is 1. The van der Waals surface area contributed by atoms with Crippen LogP contribution >= 0.6 is 0 Å². The van der Waals surface area contributed by atoms with E-state index in [1.165, 1.54) is 12.2 Å². The zero-order valence-corrected chi connectivity index (χ0v) is 11.7. The van der Waals surface area contributed by atoms with Crippen LogP contribution in [0, 0.1) is 46.1 Å². The number of anilines is 1. The lowest BCUT2D eigenvalue weighted by atomic mass is 10.2. The fraction of sp³-hybridized carbons (Fsp3) is 0.167. The van der Waals surface area contributed by atoms with Crippen LogP contribution in [-0.2, 0) is 11.3 Å². The summed E-state index contributed by atoms with van der Waals surface area (Å²) in [4.78, 5) is 21.4. The first-order valence-corrected chi connectivity index (χ1v) is 6.13. The van der Waals surface area contributed by atoms with Gasteiger partial charge in [0.25, 0.3) is 0 Å². The second kappa shape index (κ2) is 6.22. The highest BCUT2D eigenvalue weighted by molar-refractivity contribution is 5.90. The van der Waals surface area contributed by atoms with Crippen molar-refractivity contribution in [3.05, 3.63) is 51.0 Å². The van der Waals surface area contributed by atoms with Crippen LogP contribution in [0.2, 0.25) is 0 Å². The van der Waals surface area contributed by atoms with Gasteiger partial charge in [0.05, 0.1) is 16.9 Å². The van der Waals surface area contributed by atoms with E-state index in [9.17, 15) is 36.9 Å². The van der Waals surface area contributed by atoms with Crippen LogP contribution in [0.4, 0.5) is 33.5 Å². The lowest BCUT2D eigenvalue weighted by molar-refractivity contribution is -0.389. The first-order valence-electron chi connectivity index (χ1n) is 6.13. The molecule has 0 aliphatic rings. The highest BCUT2D eigenvalue weighted by Gasteiger charge is 2.27. The van der Waals surface area contributed by atoms with Crippen molar-refractivity contribution in [3.63, 3.8) is 0 Å². The molecule has 1 aromatic heterocycles. The molecular formula is C12H7F5N4O3. The number of rotatable bonds is 4. The molecule has 0 saturated heterocycles. The Morgan fingerprint density at radius 1 is 1.17 bits per heavy atom. The molecule has 0 atom stereocenters. The maximum absolute atomic E-state index is 13.4. The minimum atomic E-state index is -2.36. The highest BCUT2D eigenvalue weighted by Crippen LogP contribution is 2.27. The van der Waals surface area contributed by atoms with Crippen molar-refractivity contribution in [2.45, 2.75) is 13.5 Å². The van der Waals surface area contributed by atoms with Crippen LogP contribution in [0.1, 0.15) is 5.69 Å². The molecular weight excluding hydrogens is 343 g/mol. The minimum absolute atomic E-state index is 0.175. The van der Waals surface area contributed by atoms with Gasteiger partial charge in [0.1, 0.15) is 12.2 Å². The van der Waals surface area contributed by atoms with Crippen LogP contribution in [-0.4, -0.2) is 20.6 Å². The maximum Gasteiger partial charge on any atom is 0.390 e. The molecule has 7 nitrogen and oxygen atoms in total. The first kappa shape index (κ1) is 17.3. The molecule has 12 heteroatoms. The molecule has 0 radical (unpaired) electrons. The van der Waals surface area contributed by atoms with Gasteiger partial charge in [-0.05, 0) is 11.8 Å². The van der Waals surface area contributed by atoms with Crippen molar-refractivity contribution in [1.29, 1.82) is 0 Å². The van der Waals surface area contributed by atoms with Gasteiger partial charge in [-0.15, -0.1) is 0 Å². The zero-order valence-electron chi connectivity index (χ0n) is 11.7. The average molecular weight is 350 g/mol. The van der Waals surface area contributed by atoms with Gasteiger partial charge < -0.3 is 15.4 Å². The van der Waals surface area contributed by atoms with Gasteiger partial charge in [-0.2, -0.15) is 4.68 Å². The molecule has 0 fully saturated rings. The van der Waals surface area contributed by atoms with Crippen LogP contribution in [0.25, 0.3) is 0 Å². The number of hydrogen-bond donors (Lipinski definition) is 1. The van der Waals surface area contributed by atoms with Gasteiger partial charge in [-0.3, -0.25) is 4.79 Å². The zero-order chi connectivity index (χ0) is 18.2. The van der Waals surface area contributed by atoms with Crippen LogP contribution in [0.15, 0.2) is 6.07 Å². The molecule has 0 aliphatic carbocycles. The number of nitrogens with one attached hydrogen (secondary N) is 1. The summed E-state index contributed by atoms with van der Waals surface area (Å²) in [6.45, 7) is 0.630. The maximum atomic E-state index is 13.4. The molecule has 0 bridgehead atoms. The number of benzene rings is 1. The van der Waals surface area contributed by atoms with E-state index in [1.54, 1.807) is 0 Å². The Bertz CT molecular complexity index is 823. The molecule has 1 heterocycles. The molecule has 128 valence electrons. The van der Waals surface area contributed by atoms with Crippen LogP contribution in [0.3, 0.4) is 0 Å². The lowest BCUT2D eigenvalue weighted by Crippen LogP contribution is -2.22. The molecule has 24 heavy (non-hydrogen) atoms. The van der Waals surface area contributed by atoms with E-state index in [0.717, 1.165) is 10.7 Å². The Balaban J connectivity index is 2.27. The quantitative estimate of drug-likeness (QED) is 0.301. The number of amides is 1. The van der Waals surface area contributed by atoms with Crippen molar-refractivity contribution in [2.75, 3.05) is 5.32 Å². The Labute approximate surface area is 129 Å². The SMILES string of the molecule is Cc1cc([N+](=O)[O-])nn1CC(=O)Nc1c(F)c(F)c(F)c(F)c1F. The van der Waals surface area contributed by atoms with Gasteiger partial charge >= 0.3 is 5.82 Å². The van der Waals surface area contributed by atoms with Gasteiger partial charge in [-0.1, -0.05) is 0 Å². The molecule has 0 spiro atoms. The number of nitrogens with zero attached hydrogens (tertiary/aromatic N) is 3. The number of hydrogen-bond acceptors (Lipinski definition) is 4. The summed E-state index contributed by atoms with van der Waals surface area (Å²) in [5, 5.41) is 15.5. The monoisotopic (exact) mass is 350 g/mol. The van der Waals surface area contributed by atoms with E-state index in [-0.39, 0.29) is 5.69 Å². The second-order valence-electron chi connectivity index (χ2n) is 4.55. The summed E-state index contributed by atoms with van der Waals surface area (Å²) in [7, 11) is 0. The number of aromatic nitrogens is 2. The Morgan fingerprint density at radius 3 is 2.12 bits per heavy atom. The number of carbonyl (C=O) groups is 1. The Hall–Kier alpha value is -3.05. The minimum Gasteiger partial charge on any atom is -0.358 e. The molecule has 1 aromatic carbocycles. The standard InChI is InChI=1S/C12H7F5N4O3/c1-4-2-5(21(23)24)19-20(4)3-6(22)18-12-10(16)8(14)7(13)9(15)11(12)17/h2H,3H2,1H3,(H,18,22). The predicted octanol–water partition coefficient (Wildman–Crippen LogP) is 2.43. The lowest BCUT2D eigenvalue weighted by Gasteiger charge is -2.09. The van der Waals surface area contributed by atoms with Crippen molar-refractivity contribution in [1.82, 2.24) is 9.78 Å². The van der Waals surface area contributed by atoms with Gasteiger partial charge in [-0.25, -0.2) is 22.0 Å². The normalized spacial score (nSPS) is 10.8. The molecule has 1 amide bonds. The first-order chi connectivity index (χ1) is 11.1. The third-order valence-corrected chi connectivity index (χ3v) is 2.92. The molecule has 0 aliphatic heterocycles. The molecule has 1 N–H and O–H groups in total. The summed E-state index contributed by atoms with van der Waals surface area (Å²) < 4.78 is 66.7. The van der Waals surface area contributed by atoms with Crippen LogP contribution < -0.4 is 5.32 Å². The van der Waals surface area contributed by atoms with Crippen molar-refractivity contribution < 1.29 is 31.7 Å². The predicted molar refractivity (Wildman–Crippen MR) is 68.5 cm³/mol. The largest absolute Gasteiger partial charge is 0.390 e. The van der Waals surface area contributed by atoms with Crippen molar-refractivity contribution >= 4 is 17.4 Å². The number of aryl methyl sites for hydroxylation is 1. The topological polar surface area (TPSA) is 90.1 Å². The summed E-state index contributed by atoms with van der Waals surface area (Å²) in [5.41, 5.74) is -1.34. The summed E-state index contributed by atoms with van der Waals surface area (Å²) in [5.74, 6) is -13.0. The van der Waals surface area contributed by atoms with Crippen molar-refractivity contribution in [3.8, 4) is 0 Å². The molecule has 0 unspecified atom stereocenters. The number of halogens is 5. The van der Waals surface area contributed by atoms with E-state index < -0.39 is 58.0 Å². The molecule has 0 saturated carbocycles. The average Bonchev–Trinajstić information content (AvgIpc) is 2.89.